The lowest BCUT2D eigenvalue weighted by molar-refractivity contribution is 0.205. The third-order valence-corrected chi connectivity index (χ3v) is 6.47. The first-order valence-electron chi connectivity index (χ1n) is 7.36. The SMILES string of the molecule is CCCC(C1C2CCC21)C1CC12CCC2. The van der Waals surface area contributed by atoms with Gasteiger partial charge in [0.2, 0.25) is 0 Å². The Morgan fingerprint density at radius 3 is 2.33 bits per heavy atom. The van der Waals surface area contributed by atoms with E-state index < -0.39 is 0 Å². The van der Waals surface area contributed by atoms with Crippen LogP contribution in [0.15, 0.2) is 0 Å². The van der Waals surface area contributed by atoms with Gasteiger partial charge in [-0.25, -0.2) is 0 Å². The van der Waals surface area contributed by atoms with Crippen LogP contribution in [0.2, 0.25) is 0 Å². The molecule has 4 aliphatic carbocycles. The Bertz CT molecular complexity index is 266. The number of hydrogen-bond donors (Lipinski definition) is 0. The maximum absolute atomic E-state index is 2.40. The summed E-state index contributed by atoms with van der Waals surface area (Å²) in [5, 5.41) is 0. The molecule has 0 N–H and O–H groups in total. The molecule has 0 aromatic rings. The van der Waals surface area contributed by atoms with Crippen molar-refractivity contribution >= 4 is 0 Å². The minimum Gasteiger partial charge on any atom is -0.0654 e. The molecule has 0 radical (unpaired) electrons. The highest BCUT2D eigenvalue weighted by Crippen LogP contribution is 2.75. The molecule has 4 aliphatic rings. The molecule has 4 atom stereocenters. The van der Waals surface area contributed by atoms with Crippen molar-refractivity contribution in [3.63, 3.8) is 0 Å². The molecule has 0 saturated heterocycles. The molecule has 0 aromatic carbocycles. The first kappa shape index (κ1) is 9.07. The van der Waals surface area contributed by atoms with E-state index in [-0.39, 0.29) is 0 Å². The van der Waals surface area contributed by atoms with E-state index in [4.69, 9.17) is 0 Å². The third-order valence-electron chi connectivity index (χ3n) is 6.47. The fourth-order valence-corrected chi connectivity index (χ4v) is 5.23. The lowest BCUT2D eigenvalue weighted by atomic mass is 9.75. The van der Waals surface area contributed by atoms with Crippen molar-refractivity contribution in [1.82, 2.24) is 0 Å². The summed E-state index contributed by atoms with van der Waals surface area (Å²) in [5.41, 5.74) is 0.932. The third kappa shape index (κ3) is 1.09. The fraction of sp³-hybridized carbons (Fsp3) is 1.00. The van der Waals surface area contributed by atoms with Gasteiger partial charge in [0.05, 0.1) is 0 Å². The van der Waals surface area contributed by atoms with Gasteiger partial charge in [0, 0.05) is 0 Å². The molecule has 0 heterocycles. The van der Waals surface area contributed by atoms with Crippen molar-refractivity contribution in [1.29, 1.82) is 0 Å². The molecule has 4 rings (SSSR count). The Labute approximate surface area is 93.8 Å². The maximum atomic E-state index is 2.40. The second kappa shape index (κ2) is 2.81. The minimum atomic E-state index is 0.932. The number of rotatable bonds is 4. The van der Waals surface area contributed by atoms with Crippen molar-refractivity contribution in [3.8, 4) is 0 Å². The van der Waals surface area contributed by atoms with Gasteiger partial charge in [-0.15, -0.1) is 0 Å². The molecule has 0 aromatic heterocycles. The van der Waals surface area contributed by atoms with E-state index in [1.165, 1.54) is 36.0 Å². The molecule has 0 heteroatoms. The van der Waals surface area contributed by atoms with Gasteiger partial charge in [0.1, 0.15) is 0 Å². The van der Waals surface area contributed by atoms with Crippen LogP contribution in [0.5, 0.6) is 0 Å². The first-order chi connectivity index (χ1) is 7.36. The molecule has 0 nitrogen and oxygen atoms in total. The van der Waals surface area contributed by atoms with Crippen LogP contribution in [0.4, 0.5) is 0 Å². The van der Waals surface area contributed by atoms with Crippen LogP contribution >= 0.6 is 0 Å². The van der Waals surface area contributed by atoms with E-state index in [2.05, 4.69) is 6.92 Å². The number of hydrogen-bond acceptors (Lipinski definition) is 0. The van der Waals surface area contributed by atoms with Crippen molar-refractivity contribution in [2.45, 2.75) is 58.3 Å². The molecule has 0 aliphatic heterocycles. The zero-order chi connectivity index (χ0) is 10.0. The smallest absolute Gasteiger partial charge is 0.0263 e. The summed E-state index contributed by atoms with van der Waals surface area (Å²) in [7, 11) is 0. The number of fused-ring (bicyclic) bond motifs is 1. The Balaban J connectivity index is 1.46. The Kier molecular flexibility index (Phi) is 1.70. The van der Waals surface area contributed by atoms with Gasteiger partial charge in [0.15, 0.2) is 0 Å². The molecule has 15 heavy (non-hydrogen) atoms. The van der Waals surface area contributed by atoms with Crippen molar-refractivity contribution in [3.05, 3.63) is 0 Å². The van der Waals surface area contributed by atoms with Gasteiger partial charge < -0.3 is 0 Å². The van der Waals surface area contributed by atoms with Crippen LogP contribution < -0.4 is 0 Å². The topological polar surface area (TPSA) is 0 Å². The second-order valence-electron chi connectivity index (χ2n) is 6.96. The normalized spacial score (nSPS) is 50.2. The largest absolute Gasteiger partial charge is 0.0654 e. The quantitative estimate of drug-likeness (QED) is 0.642. The molecule has 0 amide bonds. The maximum Gasteiger partial charge on any atom is -0.0263 e. The highest BCUT2D eigenvalue weighted by atomic mass is 14.7. The fourth-order valence-electron chi connectivity index (χ4n) is 5.23. The van der Waals surface area contributed by atoms with Crippen LogP contribution in [0.25, 0.3) is 0 Å². The van der Waals surface area contributed by atoms with E-state index in [1.807, 2.05) is 0 Å². The van der Waals surface area contributed by atoms with Gasteiger partial charge in [-0.2, -0.15) is 0 Å². The van der Waals surface area contributed by atoms with E-state index >= 15 is 0 Å². The zero-order valence-corrected chi connectivity index (χ0v) is 10.0. The Hall–Kier alpha value is 0. The van der Waals surface area contributed by atoms with Crippen LogP contribution in [0.1, 0.15) is 58.3 Å². The van der Waals surface area contributed by atoms with Crippen molar-refractivity contribution in [2.24, 2.45) is 35.0 Å². The van der Waals surface area contributed by atoms with Crippen LogP contribution in [0.3, 0.4) is 0 Å². The average molecular weight is 204 g/mol. The minimum absolute atomic E-state index is 0.932. The predicted molar refractivity (Wildman–Crippen MR) is 62.5 cm³/mol. The predicted octanol–water partition coefficient (Wildman–Crippen LogP) is 4.25. The van der Waals surface area contributed by atoms with E-state index in [0.717, 1.165) is 5.41 Å². The average Bonchev–Trinajstić information content (AvgIpc) is 2.95. The van der Waals surface area contributed by atoms with Crippen molar-refractivity contribution < 1.29 is 0 Å². The zero-order valence-electron chi connectivity index (χ0n) is 10.0. The van der Waals surface area contributed by atoms with E-state index in [9.17, 15) is 0 Å². The lowest BCUT2D eigenvalue weighted by Gasteiger charge is -2.30. The highest BCUT2D eigenvalue weighted by molar-refractivity contribution is 5.16. The molecule has 4 fully saturated rings. The van der Waals surface area contributed by atoms with Crippen molar-refractivity contribution in [2.75, 3.05) is 0 Å². The van der Waals surface area contributed by atoms with Crippen LogP contribution in [-0.2, 0) is 0 Å². The summed E-state index contributed by atoms with van der Waals surface area (Å²) in [6.45, 7) is 2.40. The van der Waals surface area contributed by atoms with Gasteiger partial charge in [0.25, 0.3) is 0 Å². The summed E-state index contributed by atoms with van der Waals surface area (Å²) in [5.74, 6) is 6.03. The van der Waals surface area contributed by atoms with Gasteiger partial charge >= 0.3 is 0 Å². The standard InChI is InChI=1S/C15H24/c1-2-4-12(14-10-5-6-11(10)14)13-9-15(13)7-3-8-15/h10-14H,2-9H2,1H3. The molecule has 0 bridgehead atoms. The lowest BCUT2D eigenvalue weighted by Crippen LogP contribution is -2.20. The van der Waals surface area contributed by atoms with Gasteiger partial charge in [-0.1, -0.05) is 26.2 Å². The van der Waals surface area contributed by atoms with E-state index in [0.29, 0.717) is 0 Å². The highest BCUT2D eigenvalue weighted by Gasteiger charge is 2.67. The molecular weight excluding hydrogens is 180 g/mol. The second-order valence-corrected chi connectivity index (χ2v) is 6.96. The monoisotopic (exact) mass is 204 g/mol. The van der Waals surface area contributed by atoms with Crippen LogP contribution in [-0.4, -0.2) is 0 Å². The van der Waals surface area contributed by atoms with Gasteiger partial charge in [-0.05, 0) is 67.1 Å². The van der Waals surface area contributed by atoms with Crippen LogP contribution in [0, 0.1) is 35.0 Å². The molecular formula is C15H24. The molecule has 4 unspecified atom stereocenters. The summed E-state index contributed by atoms with van der Waals surface area (Å²) in [6.07, 6.45) is 12.6. The summed E-state index contributed by atoms with van der Waals surface area (Å²) in [4.78, 5) is 0. The molecule has 4 saturated carbocycles. The van der Waals surface area contributed by atoms with Gasteiger partial charge in [-0.3, -0.25) is 0 Å². The molecule has 84 valence electrons. The summed E-state index contributed by atoms with van der Waals surface area (Å²) >= 11 is 0. The first-order valence-corrected chi connectivity index (χ1v) is 7.36. The Morgan fingerprint density at radius 2 is 1.93 bits per heavy atom. The van der Waals surface area contributed by atoms with E-state index in [1.54, 1.807) is 44.9 Å². The summed E-state index contributed by atoms with van der Waals surface area (Å²) < 4.78 is 0. The Morgan fingerprint density at radius 1 is 1.20 bits per heavy atom. The summed E-state index contributed by atoms with van der Waals surface area (Å²) in [6, 6.07) is 0. The molecule has 1 spiro atoms.